The lowest BCUT2D eigenvalue weighted by Crippen LogP contribution is -2.42. The molecule has 0 aliphatic rings. The highest BCUT2D eigenvalue weighted by Gasteiger charge is 2.26. The van der Waals surface area contributed by atoms with E-state index in [0.717, 1.165) is 0 Å². The Morgan fingerprint density at radius 2 is 1.87 bits per heavy atom. The fraction of sp³-hybridized carbons (Fsp3) is 0.750. The van der Waals surface area contributed by atoms with Crippen LogP contribution in [0.3, 0.4) is 0 Å². The number of aliphatic carboxylic acids is 1. The van der Waals surface area contributed by atoms with E-state index in [-0.39, 0.29) is 0 Å². The SMILES string of the molecule is O=C(O)[C@H](CS(=O)(=O)O)NCP(=O)(O)O. The Hall–Kier alpha value is -0.510. The van der Waals surface area contributed by atoms with Crippen molar-refractivity contribution in [2.45, 2.75) is 6.04 Å². The summed E-state index contributed by atoms with van der Waals surface area (Å²) in [7, 11) is -9.01. The number of carboxylic acids is 1. The van der Waals surface area contributed by atoms with Crippen LogP contribution in [-0.4, -0.2) is 51.9 Å². The van der Waals surface area contributed by atoms with Gasteiger partial charge >= 0.3 is 13.6 Å². The molecule has 0 fully saturated rings. The minimum Gasteiger partial charge on any atom is -0.480 e. The van der Waals surface area contributed by atoms with Gasteiger partial charge in [0.15, 0.2) is 0 Å². The molecule has 1 atom stereocenters. The first-order valence-corrected chi connectivity index (χ1v) is 6.88. The van der Waals surface area contributed by atoms with Gasteiger partial charge in [0.25, 0.3) is 10.1 Å². The fourth-order valence-corrected chi connectivity index (χ4v) is 1.80. The smallest absolute Gasteiger partial charge is 0.339 e. The second-order valence-electron chi connectivity index (χ2n) is 2.67. The van der Waals surface area contributed by atoms with Crippen LogP contribution in [0.1, 0.15) is 0 Å². The minimum atomic E-state index is -4.53. The third-order valence-corrected chi connectivity index (χ3v) is 2.57. The predicted molar refractivity (Wildman–Crippen MR) is 47.9 cm³/mol. The quantitative estimate of drug-likeness (QED) is 0.271. The molecule has 0 unspecified atom stereocenters. The Morgan fingerprint density at radius 1 is 1.40 bits per heavy atom. The van der Waals surface area contributed by atoms with Gasteiger partial charge in [-0.25, -0.2) is 0 Å². The van der Waals surface area contributed by atoms with E-state index in [1.54, 1.807) is 0 Å². The summed E-state index contributed by atoms with van der Waals surface area (Å²) in [4.78, 5) is 27.2. The highest BCUT2D eigenvalue weighted by atomic mass is 32.2. The van der Waals surface area contributed by atoms with E-state index in [9.17, 15) is 17.8 Å². The van der Waals surface area contributed by atoms with Crippen molar-refractivity contribution in [3.8, 4) is 0 Å². The van der Waals surface area contributed by atoms with Crippen LogP contribution in [0.15, 0.2) is 0 Å². The van der Waals surface area contributed by atoms with Gasteiger partial charge in [-0.1, -0.05) is 0 Å². The molecule has 0 saturated carbocycles. The first-order chi connectivity index (χ1) is 6.51. The number of rotatable bonds is 6. The van der Waals surface area contributed by atoms with Gasteiger partial charge in [0.1, 0.15) is 11.8 Å². The molecule has 0 aromatic heterocycles. The summed E-state index contributed by atoms with van der Waals surface area (Å²) in [5.74, 6) is -2.80. The first-order valence-electron chi connectivity index (χ1n) is 3.47. The van der Waals surface area contributed by atoms with Crippen LogP contribution in [0.25, 0.3) is 0 Å². The van der Waals surface area contributed by atoms with Crippen molar-refractivity contribution in [2.75, 3.05) is 12.0 Å². The van der Waals surface area contributed by atoms with Gasteiger partial charge in [-0.15, -0.1) is 0 Å². The summed E-state index contributed by atoms with van der Waals surface area (Å²) in [6, 6.07) is -1.77. The molecular weight excluding hydrogens is 253 g/mol. The molecule has 0 amide bonds. The number of hydrogen-bond donors (Lipinski definition) is 5. The predicted octanol–water partition coefficient (Wildman–Crippen LogP) is -1.95. The summed E-state index contributed by atoms with van der Waals surface area (Å²) in [6.45, 7) is 0. The van der Waals surface area contributed by atoms with Crippen molar-refractivity contribution >= 4 is 23.7 Å². The Kier molecular flexibility index (Phi) is 4.84. The molecular formula is C4H10NO8PS. The topological polar surface area (TPSA) is 161 Å². The molecule has 90 valence electrons. The van der Waals surface area contributed by atoms with Crippen molar-refractivity contribution in [1.82, 2.24) is 5.32 Å². The number of hydrogen-bond acceptors (Lipinski definition) is 5. The van der Waals surface area contributed by atoms with Crippen molar-refractivity contribution in [3.63, 3.8) is 0 Å². The Labute approximate surface area is 85.0 Å². The van der Waals surface area contributed by atoms with E-state index in [0.29, 0.717) is 0 Å². The van der Waals surface area contributed by atoms with Crippen molar-refractivity contribution in [2.24, 2.45) is 0 Å². The molecule has 0 bridgehead atoms. The van der Waals surface area contributed by atoms with Crippen LogP contribution >= 0.6 is 7.60 Å². The van der Waals surface area contributed by atoms with Gasteiger partial charge in [0, 0.05) is 0 Å². The standard InChI is InChI=1S/C4H10NO8PS/c6-4(7)3(1-15(11,12)13)5-2-14(8,9)10/h3,5H,1-2H2,(H,6,7)(H2,8,9,10)(H,11,12,13)/t3-/m0/s1. The maximum absolute atomic E-state index is 10.4. The first kappa shape index (κ1) is 14.5. The molecule has 11 heteroatoms. The highest BCUT2D eigenvalue weighted by Crippen LogP contribution is 2.32. The minimum absolute atomic E-state index is 0.987. The van der Waals surface area contributed by atoms with Gasteiger partial charge in [-0.2, -0.15) is 8.42 Å². The average molecular weight is 263 g/mol. The van der Waals surface area contributed by atoms with E-state index in [4.69, 9.17) is 19.4 Å². The van der Waals surface area contributed by atoms with E-state index in [1.165, 1.54) is 0 Å². The second kappa shape index (κ2) is 5.01. The van der Waals surface area contributed by atoms with E-state index >= 15 is 0 Å². The zero-order valence-corrected chi connectivity index (χ0v) is 8.98. The summed E-state index contributed by atoms with van der Waals surface area (Å²) in [5, 5.41) is 10.3. The van der Waals surface area contributed by atoms with E-state index < -0.39 is 41.8 Å². The summed E-state index contributed by atoms with van der Waals surface area (Å²) in [6.07, 6.45) is -0.987. The van der Waals surface area contributed by atoms with Gasteiger partial charge < -0.3 is 14.9 Å². The highest BCUT2D eigenvalue weighted by molar-refractivity contribution is 7.85. The van der Waals surface area contributed by atoms with E-state index in [2.05, 4.69) is 0 Å². The molecule has 15 heavy (non-hydrogen) atoms. The third-order valence-electron chi connectivity index (χ3n) is 1.22. The van der Waals surface area contributed by atoms with Crippen LogP contribution in [0.2, 0.25) is 0 Å². The maximum Gasteiger partial charge on any atom is 0.339 e. The molecule has 0 aliphatic carbocycles. The van der Waals surface area contributed by atoms with Crippen LogP contribution in [-0.2, 0) is 19.5 Å². The number of carbonyl (C=O) groups is 1. The zero-order valence-electron chi connectivity index (χ0n) is 7.27. The lowest BCUT2D eigenvalue weighted by molar-refractivity contribution is -0.138. The molecule has 5 N–H and O–H groups in total. The van der Waals surface area contributed by atoms with Gasteiger partial charge in [-0.05, 0) is 0 Å². The monoisotopic (exact) mass is 263 g/mol. The Balaban J connectivity index is 4.44. The molecule has 0 heterocycles. The van der Waals surface area contributed by atoms with Crippen molar-refractivity contribution in [3.05, 3.63) is 0 Å². The lowest BCUT2D eigenvalue weighted by Gasteiger charge is -2.13. The second-order valence-corrected chi connectivity index (χ2v) is 5.81. The summed E-state index contributed by atoms with van der Waals surface area (Å²) < 4.78 is 39.3. The molecule has 0 rings (SSSR count). The fourth-order valence-electron chi connectivity index (χ4n) is 0.657. The number of nitrogens with one attached hydrogen (secondary N) is 1. The lowest BCUT2D eigenvalue weighted by atomic mass is 10.3. The Morgan fingerprint density at radius 3 is 2.13 bits per heavy atom. The van der Waals surface area contributed by atoms with Gasteiger partial charge in [0.2, 0.25) is 0 Å². The Bertz CT molecular complexity index is 370. The van der Waals surface area contributed by atoms with Crippen molar-refractivity contribution < 1.29 is 37.2 Å². The summed E-state index contributed by atoms with van der Waals surface area (Å²) >= 11 is 0. The van der Waals surface area contributed by atoms with Crippen LogP contribution in [0.5, 0.6) is 0 Å². The van der Waals surface area contributed by atoms with Crippen LogP contribution < -0.4 is 5.32 Å². The summed E-state index contributed by atoms with van der Waals surface area (Å²) in [5.41, 5.74) is 0. The largest absolute Gasteiger partial charge is 0.480 e. The van der Waals surface area contributed by atoms with E-state index in [1.807, 2.05) is 5.32 Å². The number of carboxylic acid groups (broad SMARTS) is 1. The average Bonchev–Trinajstić information content (AvgIpc) is 1.93. The molecule has 0 aliphatic heterocycles. The van der Waals surface area contributed by atoms with Crippen LogP contribution in [0, 0.1) is 0 Å². The van der Waals surface area contributed by atoms with Gasteiger partial charge in [0.05, 0.1) is 6.29 Å². The van der Waals surface area contributed by atoms with Gasteiger partial charge in [-0.3, -0.25) is 19.2 Å². The molecule has 0 radical (unpaired) electrons. The zero-order chi connectivity index (χ0) is 12.3. The molecule has 0 aromatic rings. The molecule has 0 saturated heterocycles. The normalized spacial score (nSPS) is 14.9. The molecule has 0 spiro atoms. The molecule has 9 nitrogen and oxygen atoms in total. The third kappa shape index (κ3) is 8.48. The maximum atomic E-state index is 10.4. The van der Waals surface area contributed by atoms with Crippen LogP contribution in [0.4, 0.5) is 0 Å². The van der Waals surface area contributed by atoms with Crippen molar-refractivity contribution in [1.29, 1.82) is 0 Å². The molecule has 0 aromatic carbocycles.